The maximum atomic E-state index is 14.0. The third kappa shape index (κ3) is 5.09. The number of sulfonamides is 1. The quantitative estimate of drug-likeness (QED) is 0.564. The van der Waals surface area contributed by atoms with Gasteiger partial charge in [0.2, 0.25) is 21.7 Å². The molecule has 3 rings (SSSR count). The fourth-order valence-electron chi connectivity index (χ4n) is 3.48. The van der Waals surface area contributed by atoms with Crippen LogP contribution in [0.1, 0.15) is 5.56 Å². The van der Waals surface area contributed by atoms with E-state index in [2.05, 4.69) is 0 Å². The summed E-state index contributed by atoms with van der Waals surface area (Å²) in [5.74, 6) is -1.35. The SMILES string of the molecule is COc1cc(/C=C/C(=O)N2CCN(S(=O)(=O)c3c(F)cccc3F)CC2)cc(OC)c1OC. The van der Waals surface area contributed by atoms with Crippen molar-refractivity contribution in [3.05, 3.63) is 53.6 Å². The lowest BCUT2D eigenvalue weighted by Crippen LogP contribution is -2.50. The van der Waals surface area contributed by atoms with Crippen LogP contribution in [0.5, 0.6) is 17.2 Å². The van der Waals surface area contributed by atoms with Gasteiger partial charge in [-0.15, -0.1) is 0 Å². The lowest BCUT2D eigenvalue weighted by atomic mass is 10.1. The van der Waals surface area contributed by atoms with Crippen LogP contribution in [0.25, 0.3) is 6.08 Å². The van der Waals surface area contributed by atoms with Gasteiger partial charge in [0.05, 0.1) is 21.3 Å². The Kier molecular flexibility index (Phi) is 7.54. The van der Waals surface area contributed by atoms with Crippen molar-refractivity contribution in [2.75, 3.05) is 47.5 Å². The van der Waals surface area contributed by atoms with Crippen LogP contribution in [0, 0.1) is 11.6 Å². The molecule has 1 aliphatic heterocycles. The smallest absolute Gasteiger partial charge is 0.249 e. The first kappa shape index (κ1) is 24.5. The highest BCUT2D eigenvalue weighted by atomic mass is 32.2. The molecule has 0 radical (unpaired) electrons. The number of carbonyl (C=O) groups is 1. The van der Waals surface area contributed by atoms with Crippen molar-refractivity contribution in [3.8, 4) is 17.2 Å². The maximum absolute atomic E-state index is 14.0. The van der Waals surface area contributed by atoms with Crippen LogP contribution in [0.2, 0.25) is 0 Å². The van der Waals surface area contributed by atoms with Crippen molar-refractivity contribution in [1.29, 1.82) is 0 Å². The molecule has 0 N–H and O–H groups in total. The predicted octanol–water partition coefficient (Wildman–Crippen LogP) is 2.54. The number of benzene rings is 2. The minimum atomic E-state index is -4.36. The second-order valence-corrected chi connectivity index (χ2v) is 8.95. The molecule has 0 aromatic heterocycles. The number of hydrogen-bond donors (Lipinski definition) is 0. The molecular weight excluding hydrogens is 458 g/mol. The van der Waals surface area contributed by atoms with E-state index < -0.39 is 26.6 Å². The van der Waals surface area contributed by atoms with Crippen LogP contribution < -0.4 is 14.2 Å². The zero-order valence-corrected chi connectivity index (χ0v) is 19.2. The minimum Gasteiger partial charge on any atom is -0.493 e. The minimum absolute atomic E-state index is 0.0771. The number of hydrogen-bond acceptors (Lipinski definition) is 6. The van der Waals surface area contributed by atoms with Gasteiger partial charge in [-0.1, -0.05) is 6.07 Å². The van der Waals surface area contributed by atoms with Gasteiger partial charge in [-0.3, -0.25) is 4.79 Å². The molecule has 33 heavy (non-hydrogen) atoms. The third-order valence-electron chi connectivity index (χ3n) is 5.17. The number of piperazine rings is 1. The number of halogens is 2. The summed E-state index contributed by atoms with van der Waals surface area (Å²) in [6.45, 7) is -0.0127. The molecule has 1 heterocycles. The van der Waals surface area contributed by atoms with Gasteiger partial charge in [-0.2, -0.15) is 4.31 Å². The highest BCUT2D eigenvalue weighted by Gasteiger charge is 2.33. The van der Waals surface area contributed by atoms with Gasteiger partial charge < -0.3 is 19.1 Å². The normalized spacial score (nSPS) is 15.0. The van der Waals surface area contributed by atoms with E-state index in [1.165, 1.54) is 32.3 Å². The second kappa shape index (κ2) is 10.2. The molecule has 0 unspecified atom stereocenters. The second-order valence-electron chi connectivity index (χ2n) is 7.07. The number of methoxy groups -OCH3 is 3. The molecule has 0 saturated carbocycles. The van der Waals surface area contributed by atoms with Crippen LogP contribution in [-0.2, 0) is 14.8 Å². The van der Waals surface area contributed by atoms with Gasteiger partial charge >= 0.3 is 0 Å². The molecular formula is C22H24F2N2O6S. The average Bonchev–Trinajstić information content (AvgIpc) is 2.81. The maximum Gasteiger partial charge on any atom is 0.249 e. The van der Waals surface area contributed by atoms with Crippen molar-refractivity contribution < 1.29 is 36.2 Å². The molecule has 1 aliphatic rings. The molecule has 1 amide bonds. The Morgan fingerprint density at radius 1 is 0.939 bits per heavy atom. The van der Waals surface area contributed by atoms with E-state index in [9.17, 15) is 22.0 Å². The first-order valence-electron chi connectivity index (χ1n) is 9.94. The van der Waals surface area contributed by atoms with Crippen molar-refractivity contribution in [2.45, 2.75) is 4.90 Å². The molecule has 1 fully saturated rings. The Bertz CT molecular complexity index is 1120. The van der Waals surface area contributed by atoms with E-state index in [4.69, 9.17) is 14.2 Å². The molecule has 2 aromatic rings. The Hall–Kier alpha value is -3.18. The standard InChI is InChI=1S/C22H24F2N2O6S/c1-30-18-13-15(14-19(31-2)21(18)32-3)7-8-20(27)25-9-11-26(12-10-25)33(28,29)22-16(23)5-4-6-17(22)24/h4-8,13-14H,9-12H2,1-3H3/b8-7+. The largest absolute Gasteiger partial charge is 0.493 e. The summed E-state index contributed by atoms with van der Waals surface area (Å²) in [5.41, 5.74) is 0.633. The Labute approximate surface area is 191 Å². The third-order valence-corrected chi connectivity index (χ3v) is 7.12. The average molecular weight is 483 g/mol. The molecule has 0 aliphatic carbocycles. The van der Waals surface area contributed by atoms with Gasteiger partial charge in [0.25, 0.3) is 0 Å². The topological polar surface area (TPSA) is 85.4 Å². The van der Waals surface area contributed by atoms with Gasteiger partial charge in [-0.05, 0) is 35.9 Å². The molecule has 8 nitrogen and oxygen atoms in total. The first-order valence-corrected chi connectivity index (χ1v) is 11.4. The summed E-state index contributed by atoms with van der Waals surface area (Å²) in [4.78, 5) is 13.1. The summed E-state index contributed by atoms with van der Waals surface area (Å²) in [6, 6.07) is 6.24. The first-order chi connectivity index (χ1) is 15.7. The van der Waals surface area contributed by atoms with E-state index in [1.54, 1.807) is 18.2 Å². The molecule has 0 atom stereocenters. The van der Waals surface area contributed by atoms with E-state index in [-0.39, 0.29) is 32.1 Å². The number of amides is 1. The van der Waals surface area contributed by atoms with Gasteiger partial charge in [0.1, 0.15) is 11.6 Å². The monoisotopic (exact) mass is 482 g/mol. The van der Waals surface area contributed by atoms with Crippen molar-refractivity contribution in [3.63, 3.8) is 0 Å². The van der Waals surface area contributed by atoms with Crippen LogP contribution in [0.15, 0.2) is 41.3 Å². The Morgan fingerprint density at radius 2 is 1.48 bits per heavy atom. The summed E-state index contributed by atoms with van der Waals surface area (Å²) >= 11 is 0. The van der Waals surface area contributed by atoms with E-state index >= 15 is 0 Å². The summed E-state index contributed by atoms with van der Waals surface area (Å²) in [7, 11) is 0.0894. The van der Waals surface area contributed by atoms with E-state index in [0.29, 0.717) is 22.8 Å². The summed E-state index contributed by atoms with van der Waals surface area (Å²) in [5, 5.41) is 0. The summed E-state index contributed by atoms with van der Waals surface area (Å²) < 4.78 is 70.1. The molecule has 1 saturated heterocycles. The number of nitrogens with zero attached hydrogens (tertiary/aromatic N) is 2. The molecule has 0 spiro atoms. The number of ether oxygens (including phenoxy) is 3. The fourth-order valence-corrected chi connectivity index (χ4v) is 5.01. The van der Waals surface area contributed by atoms with Gasteiger partial charge in [-0.25, -0.2) is 17.2 Å². The van der Waals surface area contributed by atoms with Crippen LogP contribution in [-0.4, -0.2) is 71.0 Å². The Balaban J connectivity index is 1.69. The van der Waals surface area contributed by atoms with Gasteiger partial charge in [0, 0.05) is 32.3 Å². The van der Waals surface area contributed by atoms with Crippen molar-refractivity contribution in [2.24, 2.45) is 0 Å². The van der Waals surface area contributed by atoms with Crippen molar-refractivity contribution in [1.82, 2.24) is 9.21 Å². The molecule has 11 heteroatoms. The van der Waals surface area contributed by atoms with Gasteiger partial charge in [0.15, 0.2) is 16.4 Å². The highest BCUT2D eigenvalue weighted by molar-refractivity contribution is 7.89. The highest BCUT2D eigenvalue weighted by Crippen LogP contribution is 2.38. The number of rotatable bonds is 7. The number of carbonyl (C=O) groups excluding carboxylic acids is 1. The zero-order chi connectivity index (χ0) is 24.2. The lowest BCUT2D eigenvalue weighted by Gasteiger charge is -2.33. The zero-order valence-electron chi connectivity index (χ0n) is 18.4. The summed E-state index contributed by atoms with van der Waals surface area (Å²) in [6.07, 6.45) is 2.92. The van der Waals surface area contributed by atoms with Crippen molar-refractivity contribution >= 4 is 22.0 Å². The van der Waals surface area contributed by atoms with Crippen LogP contribution in [0.3, 0.4) is 0 Å². The Morgan fingerprint density at radius 3 is 1.97 bits per heavy atom. The lowest BCUT2D eigenvalue weighted by molar-refractivity contribution is -0.127. The van der Waals surface area contributed by atoms with Crippen LogP contribution >= 0.6 is 0 Å². The van der Waals surface area contributed by atoms with E-state index in [1.807, 2.05) is 0 Å². The fraction of sp³-hybridized carbons (Fsp3) is 0.318. The van der Waals surface area contributed by atoms with E-state index in [0.717, 1.165) is 22.5 Å². The molecule has 2 aromatic carbocycles. The van der Waals surface area contributed by atoms with Crippen LogP contribution in [0.4, 0.5) is 8.78 Å². The molecule has 178 valence electrons. The molecule has 0 bridgehead atoms. The predicted molar refractivity (Wildman–Crippen MR) is 117 cm³/mol.